The Bertz CT molecular complexity index is 877. The van der Waals surface area contributed by atoms with Crippen molar-refractivity contribution in [2.45, 2.75) is 20.4 Å². The molecular formula is C20H24ClN5O. The van der Waals surface area contributed by atoms with E-state index in [9.17, 15) is 4.79 Å². The molecule has 0 spiro atoms. The zero-order valence-electron chi connectivity index (χ0n) is 15.4. The number of carbonyl (C=O) groups excluding carboxylic acids is 1. The number of rotatable bonds is 6. The summed E-state index contributed by atoms with van der Waals surface area (Å²) in [6, 6.07) is 13.9. The first kappa shape index (κ1) is 20.6. The molecule has 1 atom stereocenters. The van der Waals surface area contributed by atoms with Gasteiger partial charge in [-0.2, -0.15) is 0 Å². The van der Waals surface area contributed by atoms with Gasteiger partial charge in [0, 0.05) is 24.2 Å². The van der Waals surface area contributed by atoms with E-state index in [-0.39, 0.29) is 24.2 Å². The van der Waals surface area contributed by atoms with Crippen LogP contribution in [0.1, 0.15) is 18.3 Å². The average molecular weight is 386 g/mol. The van der Waals surface area contributed by atoms with Gasteiger partial charge in [-0.05, 0) is 19.1 Å². The second-order valence-electron chi connectivity index (χ2n) is 6.34. The summed E-state index contributed by atoms with van der Waals surface area (Å²) in [4.78, 5) is 24.4. The predicted molar refractivity (Wildman–Crippen MR) is 109 cm³/mol. The van der Waals surface area contributed by atoms with Gasteiger partial charge >= 0.3 is 0 Å². The lowest BCUT2D eigenvalue weighted by Crippen LogP contribution is -2.33. The van der Waals surface area contributed by atoms with E-state index in [1.54, 1.807) is 13.1 Å². The fourth-order valence-corrected chi connectivity index (χ4v) is 2.57. The fourth-order valence-electron chi connectivity index (χ4n) is 2.57. The van der Waals surface area contributed by atoms with Gasteiger partial charge in [0.05, 0.1) is 23.6 Å². The van der Waals surface area contributed by atoms with Crippen molar-refractivity contribution in [1.82, 2.24) is 20.3 Å². The molecule has 142 valence electrons. The van der Waals surface area contributed by atoms with Crippen LogP contribution in [0, 0.1) is 12.8 Å². The maximum absolute atomic E-state index is 12.0. The molecule has 6 nitrogen and oxygen atoms in total. The number of H-pyrrole nitrogens is 1. The predicted octanol–water partition coefficient (Wildman–Crippen LogP) is 3.08. The molecule has 0 bridgehead atoms. The summed E-state index contributed by atoms with van der Waals surface area (Å²) in [6.45, 7) is 4.48. The van der Waals surface area contributed by atoms with Gasteiger partial charge in [-0.1, -0.05) is 42.8 Å². The van der Waals surface area contributed by atoms with E-state index in [0.29, 0.717) is 18.9 Å². The van der Waals surface area contributed by atoms with Crippen LogP contribution in [0.15, 0.2) is 48.7 Å². The van der Waals surface area contributed by atoms with Gasteiger partial charge in [0.15, 0.2) is 0 Å². The molecule has 1 amide bonds. The number of aryl methyl sites for hydroxylation is 1. The number of nitrogens with zero attached hydrogens (tertiary/aromatic N) is 2. The summed E-state index contributed by atoms with van der Waals surface area (Å²) in [5, 5.41) is 2.87. The molecule has 3 rings (SSSR count). The number of pyridine rings is 1. The number of aromatic amines is 1. The Hall–Kier alpha value is -2.70. The molecule has 7 heteroatoms. The number of hydrogen-bond donors (Lipinski definition) is 3. The third-order valence-electron chi connectivity index (χ3n) is 4.23. The smallest absolute Gasteiger partial charge is 0.224 e. The number of benzene rings is 1. The monoisotopic (exact) mass is 385 g/mol. The molecule has 0 aliphatic heterocycles. The van der Waals surface area contributed by atoms with Crippen LogP contribution in [0.5, 0.6) is 0 Å². The van der Waals surface area contributed by atoms with E-state index in [4.69, 9.17) is 10.7 Å². The lowest BCUT2D eigenvalue weighted by molar-refractivity contribution is -0.124. The standard InChI is InChI=1S/C20H23N5O.ClH/c1-13-6-8-15(9-7-13)18-19(16-5-3-4-10-22-16)25-17(24-18)12-23-20(26)14(2)11-21;/h3-10,14H,11-12,21H2,1-2H3,(H,23,26)(H,24,25);1H. The topological polar surface area (TPSA) is 96.7 Å². The van der Waals surface area contributed by atoms with Crippen LogP contribution >= 0.6 is 12.4 Å². The van der Waals surface area contributed by atoms with Gasteiger partial charge in [0.1, 0.15) is 5.82 Å². The molecule has 1 unspecified atom stereocenters. The lowest BCUT2D eigenvalue weighted by atomic mass is 10.1. The highest BCUT2D eigenvalue weighted by Gasteiger charge is 2.16. The van der Waals surface area contributed by atoms with Crippen molar-refractivity contribution in [2.24, 2.45) is 11.7 Å². The Kier molecular flexibility index (Phi) is 7.10. The minimum atomic E-state index is -0.225. The van der Waals surface area contributed by atoms with E-state index < -0.39 is 0 Å². The van der Waals surface area contributed by atoms with Crippen LogP contribution in [0.25, 0.3) is 22.6 Å². The summed E-state index contributed by atoms with van der Waals surface area (Å²) in [5.41, 5.74) is 10.2. The number of amides is 1. The number of nitrogens with one attached hydrogen (secondary N) is 2. The molecule has 0 aliphatic carbocycles. The van der Waals surface area contributed by atoms with Crippen LogP contribution in [-0.2, 0) is 11.3 Å². The van der Waals surface area contributed by atoms with E-state index in [0.717, 1.165) is 22.6 Å². The van der Waals surface area contributed by atoms with Gasteiger partial charge in [-0.25, -0.2) is 4.98 Å². The molecule has 2 aromatic heterocycles. The molecule has 0 radical (unpaired) electrons. The Morgan fingerprint density at radius 3 is 2.59 bits per heavy atom. The van der Waals surface area contributed by atoms with Crippen LogP contribution in [0.3, 0.4) is 0 Å². The van der Waals surface area contributed by atoms with Gasteiger partial charge in [0.2, 0.25) is 5.91 Å². The fraction of sp³-hybridized carbons (Fsp3) is 0.250. The zero-order chi connectivity index (χ0) is 18.5. The van der Waals surface area contributed by atoms with E-state index >= 15 is 0 Å². The maximum atomic E-state index is 12.0. The molecule has 4 N–H and O–H groups in total. The molecular weight excluding hydrogens is 362 g/mol. The minimum Gasteiger partial charge on any atom is -0.349 e. The van der Waals surface area contributed by atoms with Crippen molar-refractivity contribution in [3.8, 4) is 22.6 Å². The minimum absolute atomic E-state index is 0. The molecule has 27 heavy (non-hydrogen) atoms. The van der Waals surface area contributed by atoms with Crippen molar-refractivity contribution < 1.29 is 4.79 Å². The second kappa shape index (κ2) is 9.30. The number of hydrogen-bond acceptors (Lipinski definition) is 4. The molecule has 0 saturated carbocycles. The van der Waals surface area contributed by atoms with Crippen molar-refractivity contribution in [3.63, 3.8) is 0 Å². The molecule has 2 heterocycles. The zero-order valence-corrected chi connectivity index (χ0v) is 16.2. The quantitative estimate of drug-likeness (QED) is 0.607. The molecule has 3 aromatic rings. The number of halogens is 1. The summed E-state index contributed by atoms with van der Waals surface area (Å²) in [7, 11) is 0. The Balaban J connectivity index is 0.00000261. The summed E-state index contributed by atoms with van der Waals surface area (Å²) >= 11 is 0. The summed E-state index contributed by atoms with van der Waals surface area (Å²) in [6.07, 6.45) is 1.75. The molecule has 0 saturated heterocycles. The van der Waals surface area contributed by atoms with E-state index in [2.05, 4.69) is 27.4 Å². The maximum Gasteiger partial charge on any atom is 0.224 e. The van der Waals surface area contributed by atoms with Crippen LogP contribution in [0.4, 0.5) is 0 Å². The number of imidazole rings is 1. The third kappa shape index (κ3) is 4.93. The van der Waals surface area contributed by atoms with Crippen molar-refractivity contribution >= 4 is 18.3 Å². The van der Waals surface area contributed by atoms with Crippen LogP contribution < -0.4 is 11.1 Å². The average Bonchev–Trinajstić information content (AvgIpc) is 3.11. The Morgan fingerprint density at radius 1 is 1.22 bits per heavy atom. The summed E-state index contributed by atoms with van der Waals surface area (Å²) in [5.74, 6) is 0.371. The van der Waals surface area contributed by atoms with E-state index in [1.807, 2.05) is 37.3 Å². The molecule has 0 aliphatic rings. The van der Waals surface area contributed by atoms with Gasteiger partial charge in [-0.15, -0.1) is 12.4 Å². The van der Waals surface area contributed by atoms with Crippen LogP contribution in [0.2, 0.25) is 0 Å². The highest BCUT2D eigenvalue weighted by atomic mass is 35.5. The molecule has 1 aromatic carbocycles. The Morgan fingerprint density at radius 2 is 1.96 bits per heavy atom. The van der Waals surface area contributed by atoms with Crippen molar-refractivity contribution in [3.05, 3.63) is 60.0 Å². The first-order chi connectivity index (χ1) is 12.6. The highest BCUT2D eigenvalue weighted by Crippen LogP contribution is 2.29. The third-order valence-corrected chi connectivity index (χ3v) is 4.23. The number of aromatic nitrogens is 3. The number of nitrogens with two attached hydrogens (primary N) is 1. The first-order valence-corrected chi connectivity index (χ1v) is 8.63. The Labute approximate surface area is 165 Å². The second-order valence-corrected chi connectivity index (χ2v) is 6.34. The van der Waals surface area contributed by atoms with Gasteiger partial charge in [0.25, 0.3) is 0 Å². The van der Waals surface area contributed by atoms with Gasteiger partial charge in [-0.3, -0.25) is 9.78 Å². The summed E-state index contributed by atoms with van der Waals surface area (Å²) < 4.78 is 0. The SMILES string of the molecule is Cc1ccc(-c2nc(CNC(=O)C(C)CN)[nH]c2-c2ccccn2)cc1.Cl. The lowest BCUT2D eigenvalue weighted by Gasteiger charge is -2.08. The van der Waals surface area contributed by atoms with Crippen molar-refractivity contribution in [1.29, 1.82) is 0 Å². The normalized spacial score (nSPS) is 11.5. The molecule has 0 fully saturated rings. The van der Waals surface area contributed by atoms with Gasteiger partial charge < -0.3 is 16.0 Å². The van der Waals surface area contributed by atoms with Crippen LogP contribution in [-0.4, -0.2) is 27.4 Å². The highest BCUT2D eigenvalue weighted by molar-refractivity contribution is 5.85. The number of carbonyl (C=O) groups is 1. The largest absolute Gasteiger partial charge is 0.349 e. The first-order valence-electron chi connectivity index (χ1n) is 8.63. The van der Waals surface area contributed by atoms with Crippen molar-refractivity contribution in [2.75, 3.05) is 6.54 Å². The van der Waals surface area contributed by atoms with E-state index in [1.165, 1.54) is 5.56 Å².